The first-order valence-electron chi connectivity index (χ1n) is 6.88. The summed E-state index contributed by atoms with van der Waals surface area (Å²) in [5.41, 5.74) is 6.93. The third-order valence-electron chi connectivity index (χ3n) is 2.79. The second kappa shape index (κ2) is 8.80. The maximum absolute atomic E-state index is 12.1. The number of sulfonamides is 1. The van der Waals surface area contributed by atoms with Crippen molar-refractivity contribution in [3.63, 3.8) is 0 Å². The van der Waals surface area contributed by atoms with Gasteiger partial charge in [0.05, 0.1) is 11.4 Å². The van der Waals surface area contributed by atoms with Crippen molar-refractivity contribution in [2.75, 3.05) is 26.3 Å². The lowest BCUT2D eigenvalue weighted by molar-refractivity contribution is 0.146. The summed E-state index contributed by atoms with van der Waals surface area (Å²) >= 11 is 0. The summed E-state index contributed by atoms with van der Waals surface area (Å²) in [6.45, 7) is 5.55. The number of nitrogens with two attached hydrogens (primary N) is 1. The molecule has 1 aromatic rings. The molecule has 6 heteroatoms. The molecule has 0 saturated heterocycles. The zero-order chi connectivity index (χ0) is 15.7. The van der Waals surface area contributed by atoms with E-state index in [1.165, 1.54) is 0 Å². The zero-order valence-electron chi connectivity index (χ0n) is 12.5. The number of rotatable bonds is 7. The first-order valence-corrected chi connectivity index (χ1v) is 8.36. The van der Waals surface area contributed by atoms with Crippen molar-refractivity contribution in [1.29, 1.82) is 0 Å². The molecule has 0 fully saturated rings. The Hall–Kier alpha value is -1.39. The van der Waals surface area contributed by atoms with Gasteiger partial charge in [-0.2, -0.15) is 0 Å². The van der Waals surface area contributed by atoms with Crippen molar-refractivity contribution in [1.82, 2.24) is 4.72 Å². The van der Waals surface area contributed by atoms with Crippen LogP contribution in [0.1, 0.15) is 24.5 Å². The van der Waals surface area contributed by atoms with Gasteiger partial charge in [-0.05, 0) is 44.0 Å². The normalized spacial score (nSPS) is 11.0. The van der Waals surface area contributed by atoms with E-state index in [2.05, 4.69) is 16.6 Å². The fraction of sp³-hybridized carbons (Fsp3) is 0.467. The lowest BCUT2D eigenvalue weighted by Crippen LogP contribution is -2.25. The molecule has 0 radical (unpaired) electrons. The van der Waals surface area contributed by atoms with E-state index in [1.807, 2.05) is 13.8 Å². The van der Waals surface area contributed by atoms with Gasteiger partial charge in [-0.3, -0.25) is 0 Å². The van der Waals surface area contributed by atoms with Crippen molar-refractivity contribution < 1.29 is 13.2 Å². The Morgan fingerprint density at radius 2 is 2.14 bits per heavy atom. The molecular weight excluding hydrogens is 288 g/mol. The van der Waals surface area contributed by atoms with Crippen LogP contribution in [0.2, 0.25) is 0 Å². The van der Waals surface area contributed by atoms with Crippen LogP contribution in [0.4, 0.5) is 0 Å². The van der Waals surface area contributed by atoms with Gasteiger partial charge in [0.1, 0.15) is 0 Å². The van der Waals surface area contributed by atoms with Gasteiger partial charge in [-0.15, -0.1) is 0 Å². The summed E-state index contributed by atoms with van der Waals surface area (Å²) in [7, 11) is -3.49. The van der Waals surface area contributed by atoms with Crippen LogP contribution in [-0.4, -0.2) is 34.7 Å². The van der Waals surface area contributed by atoms with E-state index in [9.17, 15) is 8.42 Å². The van der Waals surface area contributed by atoms with Crippen LogP contribution >= 0.6 is 0 Å². The minimum Gasteiger partial charge on any atom is -0.382 e. The molecule has 116 valence electrons. The topological polar surface area (TPSA) is 81.4 Å². The highest BCUT2D eigenvalue weighted by molar-refractivity contribution is 7.89. The molecule has 0 heterocycles. The summed E-state index contributed by atoms with van der Waals surface area (Å²) in [6, 6.07) is 4.87. The third kappa shape index (κ3) is 5.86. The van der Waals surface area contributed by atoms with Gasteiger partial charge in [0.15, 0.2) is 0 Å². The summed E-state index contributed by atoms with van der Waals surface area (Å²) in [5.74, 6) is 5.67. The molecule has 1 rings (SSSR count). The van der Waals surface area contributed by atoms with Gasteiger partial charge >= 0.3 is 0 Å². The number of benzene rings is 1. The largest absolute Gasteiger partial charge is 0.382 e. The van der Waals surface area contributed by atoms with Crippen LogP contribution in [0.5, 0.6) is 0 Å². The summed E-state index contributed by atoms with van der Waals surface area (Å²) < 4.78 is 32.0. The summed E-state index contributed by atoms with van der Waals surface area (Å²) in [5, 5.41) is 0. The predicted octanol–water partition coefficient (Wildman–Crippen LogP) is 1.01. The minimum absolute atomic E-state index is 0.245. The highest BCUT2D eigenvalue weighted by atomic mass is 32.2. The van der Waals surface area contributed by atoms with Crippen LogP contribution in [-0.2, 0) is 14.8 Å². The number of hydrogen-bond donors (Lipinski definition) is 2. The van der Waals surface area contributed by atoms with E-state index >= 15 is 0 Å². The molecular formula is C15H22N2O3S. The lowest BCUT2D eigenvalue weighted by atomic mass is 10.1. The molecule has 0 spiro atoms. The van der Waals surface area contributed by atoms with Crippen molar-refractivity contribution in [2.45, 2.75) is 25.2 Å². The number of aryl methyl sites for hydroxylation is 1. The molecule has 0 unspecified atom stereocenters. The average Bonchev–Trinajstić information content (AvgIpc) is 2.45. The molecule has 0 aliphatic carbocycles. The van der Waals surface area contributed by atoms with Crippen molar-refractivity contribution in [3.8, 4) is 11.8 Å². The zero-order valence-corrected chi connectivity index (χ0v) is 13.3. The Bertz CT molecular complexity index is 616. The molecule has 0 aliphatic heterocycles. The second-order valence-corrected chi connectivity index (χ2v) is 6.20. The summed E-state index contributed by atoms with van der Waals surface area (Å²) in [4.78, 5) is 0.245. The molecule has 21 heavy (non-hydrogen) atoms. The van der Waals surface area contributed by atoms with Gasteiger partial charge in [0.25, 0.3) is 0 Å². The maximum atomic E-state index is 12.1. The molecule has 5 nitrogen and oxygen atoms in total. The third-order valence-corrected chi connectivity index (χ3v) is 4.25. The van der Waals surface area contributed by atoms with Gasteiger partial charge in [0.2, 0.25) is 10.0 Å². The van der Waals surface area contributed by atoms with Crippen LogP contribution in [0, 0.1) is 18.8 Å². The standard InChI is InChI=1S/C15H22N2O3S/c1-3-20-11-5-10-17-21(18,19)15-8-7-14(6-4-9-16)13(2)12-15/h7-8,12,17H,3,5,9-11,16H2,1-2H3. The van der Waals surface area contributed by atoms with E-state index in [4.69, 9.17) is 10.5 Å². The van der Waals surface area contributed by atoms with E-state index < -0.39 is 10.0 Å². The molecule has 1 aromatic carbocycles. The van der Waals surface area contributed by atoms with Gasteiger partial charge in [-0.25, -0.2) is 13.1 Å². The van der Waals surface area contributed by atoms with Gasteiger partial charge < -0.3 is 10.5 Å². The molecule has 0 atom stereocenters. The number of ether oxygens (including phenoxy) is 1. The van der Waals surface area contributed by atoms with E-state index in [0.29, 0.717) is 26.2 Å². The first kappa shape index (κ1) is 17.7. The predicted molar refractivity (Wildman–Crippen MR) is 83.4 cm³/mol. The van der Waals surface area contributed by atoms with E-state index in [0.717, 1.165) is 11.1 Å². The number of nitrogens with one attached hydrogen (secondary N) is 1. The lowest BCUT2D eigenvalue weighted by Gasteiger charge is -2.08. The fourth-order valence-corrected chi connectivity index (χ4v) is 2.86. The van der Waals surface area contributed by atoms with Crippen molar-refractivity contribution in [2.24, 2.45) is 5.73 Å². The highest BCUT2D eigenvalue weighted by Gasteiger charge is 2.14. The fourth-order valence-electron chi connectivity index (χ4n) is 1.70. The quantitative estimate of drug-likeness (QED) is 0.582. The second-order valence-electron chi connectivity index (χ2n) is 4.43. The first-order chi connectivity index (χ1) is 10.0. The Morgan fingerprint density at radius 1 is 1.38 bits per heavy atom. The molecule has 0 aliphatic rings. The van der Waals surface area contributed by atoms with Crippen molar-refractivity contribution >= 4 is 10.0 Å². The molecule has 0 saturated carbocycles. The van der Waals surface area contributed by atoms with Gasteiger partial charge in [-0.1, -0.05) is 11.8 Å². The van der Waals surface area contributed by atoms with Gasteiger partial charge in [0, 0.05) is 25.3 Å². The molecule has 3 N–H and O–H groups in total. The monoisotopic (exact) mass is 310 g/mol. The Morgan fingerprint density at radius 3 is 2.76 bits per heavy atom. The van der Waals surface area contributed by atoms with Crippen LogP contribution in [0.15, 0.2) is 23.1 Å². The Kier molecular flexibility index (Phi) is 7.40. The Balaban J connectivity index is 2.73. The van der Waals surface area contributed by atoms with E-state index in [1.54, 1.807) is 18.2 Å². The maximum Gasteiger partial charge on any atom is 0.240 e. The smallest absolute Gasteiger partial charge is 0.240 e. The van der Waals surface area contributed by atoms with E-state index in [-0.39, 0.29) is 11.4 Å². The van der Waals surface area contributed by atoms with Crippen LogP contribution in [0.25, 0.3) is 0 Å². The SMILES string of the molecule is CCOCCCNS(=O)(=O)c1ccc(C#CCN)c(C)c1. The summed E-state index contributed by atoms with van der Waals surface area (Å²) in [6.07, 6.45) is 0.645. The van der Waals surface area contributed by atoms with Crippen molar-refractivity contribution in [3.05, 3.63) is 29.3 Å². The molecule has 0 aromatic heterocycles. The molecule has 0 amide bonds. The molecule has 0 bridgehead atoms. The van der Waals surface area contributed by atoms with Crippen LogP contribution < -0.4 is 10.5 Å². The van der Waals surface area contributed by atoms with Crippen LogP contribution in [0.3, 0.4) is 0 Å². The Labute approximate surface area is 126 Å². The average molecular weight is 310 g/mol. The number of hydrogen-bond acceptors (Lipinski definition) is 4. The minimum atomic E-state index is -3.49. The highest BCUT2D eigenvalue weighted by Crippen LogP contribution is 2.14.